The summed E-state index contributed by atoms with van der Waals surface area (Å²) in [6.45, 7) is 0.976. The number of aromatic hydroxyl groups is 1. The summed E-state index contributed by atoms with van der Waals surface area (Å²) >= 11 is 5.93. The molecule has 2 N–H and O–H groups in total. The van der Waals surface area contributed by atoms with Crippen molar-refractivity contribution in [1.82, 2.24) is 0 Å². The average Bonchev–Trinajstić information content (AvgIpc) is 3.09. The molecule has 118 valence electrons. The summed E-state index contributed by atoms with van der Waals surface area (Å²) in [5.74, 6) is -2.22. The summed E-state index contributed by atoms with van der Waals surface area (Å²) in [7, 11) is 0. The molecule has 0 saturated carbocycles. The SMILES string of the molecule is [2H]c1c(Br)c(O)c(Br)c([2H])c1C(=O)c1c(C([2H])(C)O)oc2c([2H])c([2H])c([2H])c([2H])c12. The number of rotatable bonds is 3. The van der Waals surface area contributed by atoms with E-state index in [0.29, 0.717) is 0 Å². The van der Waals surface area contributed by atoms with E-state index < -0.39 is 76.3 Å². The Labute approximate surface area is 158 Å². The van der Waals surface area contributed by atoms with Crippen LogP contribution in [0.5, 0.6) is 5.75 Å². The van der Waals surface area contributed by atoms with Gasteiger partial charge in [0.1, 0.15) is 23.2 Å². The molecule has 1 unspecified atom stereocenters. The second-order valence-corrected chi connectivity index (χ2v) is 6.11. The Balaban J connectivity index is 2.53. The van der Waals surface area contributed by atoms with Crippen LogP contribution in [0.1, 0.15) is 44.3 Å². The molecular weight excluding hydrogens is 428 g/mol. The molecule has 0 saturated heterocycles. The zero-order chi connectivity index (χ0) is 22.9. The first-order chi connectivity index (χ1) is 13.7. The van der Waals surface area contributed by atoms with Crippen molar-refractivity contribution in [3.8, 4) is 5.75 Å². The molecule has 3 aromatic rings. The number of phenolic OH excluding ortho intramolecular Hbond substituents is 1. The molecule has 0 aliphatic heterocycles. The number of carbonyl (C=O) groups excluding carboxylic acids is 1. The summed E-state index contributed by atoms with van der Waals surface area (Å²) < 4.78 is 61.0. The molecule has 1 heterocycles. The Morgan fingerprint density at radius 2 is 1.91 bits per heavy atom. The largest absolute Gasteiger partial charge is 0.506 e. The maximum atomic E-state index is 13.4. The van der Waals surface area contributed by atoms with E-state index in [1.54, 1.807) is 0 Å². The molecule has 2 aromatic carbocycles. The van der Waals surface area contributed by atoms with Crippen molar-refractivity contribution in [2.75, 3.05) is 0 Å². The van der Waals surface area contributed by atoms with Crippen LogP contribution < -0.4 is 0 Å². The Morgan fingerprint density at radius 1 is 1.30 bits per heavy atom. The van der Waals surface area contributed by atoms with Crippen molar-refractivity contribution in [3.05, 3.63) is 62.1 Å². The maximum absolute atomic E-state index is 13.4. The van der Waals surface area contributed by atoms with E-state index in [-0.39, 0.29) is 14.3 Å². The lowest BCUT2D eigenvalue weighted by Crippen LogP contribution is -2.06. The van der Waals surface area contributed by atoms with Crippen LogP contribution in [-0.4, -0.2) is 16.0 Å². The van der Waals surface area contributed by atoms with E-state index >= 15 is 0 Å². The predicted molar refractivity (Wildman–Crippen MR) is 93.8 cm³/mol. The first kappa shape index (κ1) is 9.61. The van der Waals surface area contributed by atoms with Crippen LogP contribution in [0.2, 0.25) is 0 Å². The van der Waals surface area contributed by atoms with Crippen molar-refractivity contribution in [3.63, 3.8) is 0 Å². The highest BCUT2D eigenvalue weighted by atomic mass is 79.9. The molecule has 6 heteroatoms. The monoisotopic (exact) mass is 445 g/mol. The van der Waals surface area contributed by atoms with Gasteiger partial charge in [-0.15, -0.1) is 0 Å². The van der Waals surface area contributed by atoms with Gasteiger partial charge in [-0.25, -0.2) is 0 Å². The third kappa shape index (κ3) is 2.82. The summed E-state index contributed by atoms with van der Waals surface area (Å²) in [5, 5.41) is 19.8. The lowest BCUT2D eigenvalue weighted by atomic mass is 9.98. The van der Waals surface area contributed by atoms with Gasteiger partial charge in [-0.1, -0.05) is 18.1 Å². The van der Waals surface area contributed by atoms with Crippen LogP contribution in [0.15, 0.2) is 49.6 Å². The number of benzene rings is 2. The fraction of sp³-hybridized carbons (Fsp3) is 0.118. The minimum absolute atomic E-state index is 0.192. The molecule has 0 bridgehead atoms. The number of carbonyl (C=O) groups is 1. The molecule has 0 amide bonds. The van der Waals surface area contributed by atoms with E-state index in [1.165, 1.54) is 0 Å². The molecule has 23 heavy (non-hydrogen) atoms. The maximum Gasteiger partial charge on any atom is 0.197 e. The lowest BCUT2D eigenvalue weighted by molar-refractivity contribution is 0.102. The Hall–Kier alpha value is -1.63. The zero-order valence-electron chi connectivity index (χ0n) is 18.5. The van der Waals surface area contributed by atoms with Crippen molar-refractivity contribution >= 4 is 48.6 Å². The molecule has 3 rings (SSSR count). The number of halogens is 2. The molecule has 0 aliphatic rings. The first-order valence-corrected chi connectivity index (χ1v) is 7.77. The topological polar surface area (TPSA) is 70.7 Å². The van der Waals surface area contributed by atoms with Crippen LogP contribution in [0, 0.1) is 0 Å². The van der Waals surface area contributed by atoms with Gasteiger partial charge in [-0.05, 0) is 56.9 Å². The molecule has 0 fully saturated rings. The molecule has 0 spiro atoms. The summed E-state index contributed by atoms with van der Waals surface area (Å²) in [6.07, 6.45) is -2.51. The van der Waals surface area contributed by atoms with Gasteiger partial charge in [0.15, 0.2) is 5.78 Å². The van der Waals surface area contributed by atoms with E-state index in [9.17, 15) is 15.0 Å². The number of furan rings is 1. The quantitative estimate of drug-likeness (QED) is 0.558. The first-order valence-electron chi connectivity index (χ1n) is 9.69. The van der Waals surface area contributed by atoms with Gasteiger partial charge < -0.3 is 14.6 Å². The summed E-state index contributed by atoms with van der Waals surface area (Å²) in [6, 6.07) is -3.66. The average molecular weight is 447 g/mol. The van der Waals surface area contributed by atoms with Gasteiger partial charge in [-0.3, -0.25) is 4.79 Å². The number of fused-ring (bicyclic) bond motifs is 1. The lowest BCUT2D eigenvalue weighted by Gasteiger charge is -2.07. The molecule has 0 radical (unpaired) electrons. The van der Waals surface area contributed by atoms with E-state index in [4.69, 9.17) is 14.0 Å². The molecule has 1 atom stereocenters. The Morgan fingerprint density at radius 3 is 2.52 bits per heavy atom. The molecule has 0 aliphatic carbocycles. The number of para-hydroxylation sites is 1. The van der Waals surface area contributed by atoms with Crippen LogP contribution >= 0.6 is 31.9 Å². The van der Waals surface area contributed by atoms with Crippen molar-refractivity contribution in [2.24, 2.45) is 0 Å². The highest BCUT2D eigenvalue weighted by Crippen LogP contribution is 2.36. The minimum Gasteiger partial charge on any atom is -0.506 e. The van der Waals surface area contributed by atoms with Crippen LogP contribution in [0.4, 0.5) is 0 Å². The van der Waals surface area contributed by atoms with Crippen molar-refractivity contribution < 1.29 is 29.0 Å². The Bertz CT molecular complexity index is 1220. The van der Waals surface area contributed by atoms with Gasteiger partial charge in [0.05, 0.1) is 24.1 Å². The normalized spacial score (nSPS) is 18.2. The number of aliphatic hydroxyl groups is 1. The van der Waals surface area contributed by atoms with E-state index in [2.05, 4.69) is 31.9 Å². The standard InChI is InChI=1S/C17H12Br2O4/c1-8(20)17-14(10-4-2-3-5-13(10)23-17)15(21)9-6-11(18)16(22)12(19)7-9/h2-8,20,22H,1H3/i2D,3D,4D,5D,6D,7D,8D. The third-order valence-corrected chi connectivity index (χ3v) is 4.15. The number of hydrogen-bond donors (Lipinski definition) is 2. The van der Waals surface area contributed by atoms with Crippen LogP contribution in [-0.2, 0) is 0 Å². The molecule has 1 aromatic heterocycles. The highest BCUT2D eigenvalue weighted by Gasteiger charge is 2.25. The van der Waals surface area contributed by atoms with Crippen LogP contribution in [0.25, 0.3) is 11.0 Å². The summed E-state index contributed by atoms with van der Waals surface area (Å²) in [5.41, 5.74) is -1.54. The predicted octanol–water partition coefficient (Wildman–Crippen LogP) is 4.95. The van der Waals surface area contributed by atoms with Gasteiger partial charge >= 0.3 is 0 Å². The molecule has 4 nitrogen and oxygen atoms in total. The van der Waals surface area contributed by atoms with Crippen molar-refractivity contribution in [1.29, 1.82) is 0 Å². The number of hydrogen-bond acceptors (Lipinski definition) is 4. The van der Waals surface area contributed by atoms with Crippen LogP contribution in [0.3, 0.4) is 0 Å². The van der Waals surface area contributed by atoms with Gasteiger partial charge in [-0.2, -0.15) is 0 Å². The second kappa shape index (κ2) is 6.11. The fourth-order valence-corrected chi connectivity index (χ4v) is 3.05. The fourth-order valence-electron chi connectivity index (χ4n) is 2.00. The number of phenols is 1. The highest BCUT2D eigenvalue weighted by molar-refractivity contribution is 9.11. The smallest absolute Gasteiger partial charge is 0.197 e. The van der Waals surface area contributed by atoms with E-state index in [1.807, 2.05) is 0 Å². The minimum atomic E-state index is -2.51. The zero-order valence-corrected chi connectivity index (χ0v) is 14.6. The van der Waals surface area contributed by atoms with E-state index in [0.717, 1.165) is 6.92 Å². The third-order valence-electron chi connectivity index (χ3n) is 3.00. The Kier molecular flexibility index (Phi) is 2.55. The second-order valence-electron chi connectivity index (χ2n) is 4.53. The van der Waals surface area contributed by atoms with Gasteiger partial charge in [0.2, 0.25) is 0 Å². The molecular formula is C17H12Br2O4. The van der Waals surface area contributed by atoms with Gasteiger partial charge in [0, 0.05) is 10.9 Å². The van der Waals surface area contributed by atoms with Crippen molar-refractivity contribution in [2.45, 2.75) is 13.0 Å². The summed E-state index contributed by atoms with van der Waals surface area (Å²) in [4.78, 5) is 13.4. The number of ketones is 1. The van der Waals surface area contributed by atoms with Gasteiger partial charge in [0.25, 0.3) is 0 Å².